The molecule has 1 aromatic carbocycles. The average Bonchev–Trinajstić information content (AvgIpc) is 3.29. The maximum absolute atomic E-state index is 12.7. The van der Waals surface area contributed by atoms with Crippen LogP contribution in [0.25, 0.3) is 0 Å². The molecule has 130 valence electrons. The van der Waals surface area contributed by atoms with Crippen LogP contribution in [-0.4, -0.2) is 59.1 Å². The summed E-state index contributed by atoms with van der Waals surface area (Å²) in [5.41, 5.74) is 1.10. The monoisotopic (exact) mass is 357 g/mol. The number of hydrogen-bond acceptors (Lipinski definition) is 5. The molecule has 2 fully saturated rings. The zero-order chi connectivity index (χ0) is 17.4. The topological polar surface area (TPSA) is 62.7 Å². The van der Waals surface area contributed by atoms with Gasteiger partial charge < -0.3 is 14.5 Å². The number of aromatic nitrogens is 1. The van der Waals surface area contributed by atoms with E-state index in [0.29, 0.717) is 31.7 Å². The van der Waals surface area contributed by atoms with Crippen LogP contribution in [0.3, 0.4) is 0 Å². The number of likely N-dealkylation sites (tertiary alicyclic amines) is 1. The fraction of sp³-hybridized carbons (Fsp3) is 0.389. The first-order chi connectivity index (χ1) is 12.0. The van der Waals surface area contributed by atoms with E-state index < -0.39 is 5.60 Å². The van der Waals surface area contributed by atoms with Crippen molar-refractivity contribution in [2.45, 2.75) is 18.4 Å². The molecule has 2 aliphatic heterocycles. The molecule has 6 nitrogen and oxygen atoms in total. The van der Waals surface area contributed by atoms with E-state index in [1.807, 2.05) is 23.6 Å². The first kappa shape index (κ1) is 16.1. The normalized spacial score (nSPS) is 22.7. The highest BCUT2D eigenvalue weighted by Crippen LogP contribution is 2.32. The second-order valence-electron chi connectivity index (χ2n) is 6.67. The van der Waals surface area contributed by atoms with Gasteiger partial charge in [0.1, 0.15) is 5.69 Å². The minimum Gasteiger partial charge on any atom is -0.439 e. The van der Waals surface area contributed by atoms with E-state index in [9.17, 15) is 9.59 Å². The molecular formula is C18H19N3O3S. The lowest BCUT2D eigenvalue weighted by Gasteiger charge is -2.21. The van der Waals surface area contributed by atoms with Crippen molar-refractivity contribution in [1.82, 2.24) is 14.8 Å². The predicted molar refractivity (Wildman–Crippen MR) is 93.7 cm³/mol. The van der Waals surface area contributed by atoms with Gasteiger partial charge >= 0.3 is 6.09 Å². The first-order valence-corrected chi connectivity index (χ1v) is 9.14. The van der Waals surface area contributed by atoms with Crippen LogP contribution in [0.5, 0.6) is 0 Å². The van der Waals surface area contributed by atoms with Crippen molar-refractivity contribution >= 4 is 23.3 Å². The van der Waals surface area contributed by atoms with Crippen molar-refractivity contribution in [2.75, 3.05) is 26.7 Å². The van der Waals surface area contributed by atoms with Gasteiger partial charge in [-0.05, 0) is 5.56 Å². The Labute approximate surface area is 150 Å². The van der Waals surface area contributed by atoms with E-state index >= 15 is 0 Å². The molecule has 0 saturated carbocycles. The second-order valence-corrected chi connectivity index (χ2v) is 7.62. The van der Waals surface area contributed by atoms with Crippen LogP contribution in [0.15, 0.2) is 35.7 Å². The standard InChI is InChI=1S/C18H19N3O3S/c1-20-11-18(24-17(20)23)7-8-21(12-18)16(22)14-10-25-15(19-14)9-13-5-3-2-4-6-13/h2-6,10H,7-9,11-12H2,1H3/t18-/m0/s1. The quantitative estimate of drug-likeness (QED) is 0.846. The van der Waals surface area contributed by atoms with Gasteiger partial charge in [0.15, 0.2) is 5.60 Å². The van der Waals surface area contributed by atoms with E-state index in [2.05, 4.69) is 17.1 Å². The van der Waals surface area contributed by atoms with Crippen molar-refractivity contribution in [3.63, 3.8) is 0 Å². The fourth-order valence-corrected chi connectivity index (χ4v) is 4.25. The van der Waals surface area contributed by atoms with Gasteiger partial charge in [-0.1, -0.05) is 30.3 Å². The number of benzene rings is 1. The Hall–Kier alpha value is -2.41. The number of carbonyl (C=O) groups is 2. The van der Waals surface area contributed by atoms with Crippen LogP contribution >= 0.6 is 11.3 Å². The predicted octanol–water partition coefficient (Wildman–Crippen LogP) is 2.40. The third-order valence-corrected chi connectivity index (χ3v) is 5.56. The third-order valence-electron chi connectivity index (χ3n) is 4.71. The molecule has 0 radical (unpaired) electrons. The van der Waals surface area contributed by atoms with Gasteiger partial charge in [0, 0.05) is 31.8 Å². The maximum Gasteiger partial charge on any atom is 0.410 e. The number of likely N-dealkylation sites (N-methyl/N-ethyl adjacent to an activating group) is 1. The number of amides is 2. The minimum atomic E-state index is -0.551. The molecule has 2 aliphatic rings. The minimum absolute atomic E-state index is 0.0851. The van der Waals surface area contributed by atoms with Gasteiger partial charge in [0.05, 0.1) is 18.1 Å². The second kappa shape index (κ2) is 6.15. The van der Waals surface area contributed by atoms with Crippen LogP contribution in [0.4, 0.5) is 4.79 Å². The summed E-state index contributed by atoms with van der Waals surface area (Å²) < 4.78 is 5.50. The fourth-order valence-electron chi connectivity index (χ4n) is 3.45. The summed E-state index contributed by atoms with van der Waals surface area (Å²) in [5, 5.41) is 2.74. The van der Waals surface area contributed by atoms with Crippen LogP contribution in [-0.2, 0) is 11.2 Å². The maximum atomic E-state index is 12.7. The third kappa shape index (κ3) is 3.11. The van der Waals surface area contributed by atoms with Gasteiger partial charge in [-0.15, -0.1) is 11.3 Å². The van der Waals surface area contributed by atoms with E-state index in [4.69, 9.17) is 4.74 Å². The van der Waals surface area contributed by atoms with Gasteiger partial charge in [-0.3, -0.25) is 4.79 Å². The van der Waals surface area contributed by atoms with E-state index in [-0.39, 0.29) is 12.0 Å². The van der Waals surface area contributed by atoms with Crippen molar-refractivity contribution < 1.29 is 14.3 Å². The molecule has 0 unspecified atom stereocenters. The molecule has 2 aromatic rings. The van der Waals surface area contributed by atoms with Gasteiger partial charge in [0.25, 0.3) is 5.91 Å². The zero-order valence-corrected chi connectivity index (χ0v) is 14.8. The molecule has 2 amide bonds. The molecule has 25 heavy (non-hydrogen) atoms. The summed E-state index contributed by atoms with van der Waals surface area (Å²) in [6.07, 6.45) is 1.09. The SMILES string of the molecule is CN1C[C@]2(CCN(C(=O)c3csc(Cc4ccccc4)n3)C2)OC1=O. The van der Waals surface area contributed by atoms with Crippen LogP contribution in [0.1, 0.15) is 27.5 Å². The van der Waals surface area contributed by atoms with Crippen molar-refractivity contribution in [3.05, 3.63) is 52.0 Å². The summed E-state index contributed by atoms with van der Waals surface area (Å²) in [6.45, 7) is 1.56. The molecule has 4 rings (SSSR count). The average molecular weight is 357 g/mol. The Morgan fingerprint density at radius 1 is 1.32 bits per heavy atom. The van der Waals surface area contributed by atoms with Crippen LogP contribution in [0, 0.1) is 0 Å². The summed E-state index contributed by atoms with van der Waals surface area (Å²) >= 11 is 1.50. The largest absolute Gasteiger partial charge is 0.439 e. The zero-order valence-electron chi connectivity index (χ0n) is 14.0. The number of nitrogens with zero attached hydrogens (tertiary/aromatic N) is 3. The van der Waals surface area contributed by atoms with E-state index in [0.717, 1.165) is 11.4 Å². The summed E-state index contributed by atoms with van der Waals surface area (Å²) in [7, 11) is 1.72. The summed E-state index contributed by atoms with van der Waals surface area (Å²) in [4.78, 5) is 32.2. The number of carbonyl (C=O) groups excluding carboxylic acids is 2. The molecule has 0 aliphatic carbocycles. The molecule has 0 N–H and O–H groups in total. The van der Waals surface area contributed by atoms with Gasteiger partial charge in [-0.25, -0.2) is 9.78 Å². The smallest absolute Gasteiger partial charge is 0.410 e. The lowest BCUT2D eigenvalue weighted by molar-refractivity contribution is 0.0551. The molecule has 1 aromatic heterocycles. The number of ether oxygens (including phenoxy) is 1. The summed E-state index contributed by atoms with van der Waals surface area (Å²) in [6, 6.07) is 10.1. The lowest BCUT2D eigenvalue weighted by Crippen LogP contribution is -2.39. The van der Waals surface area contributed by atoms with Crippen LogP contribution < -0.4 is 0 Å². The molecule has 1 spiro atoms. The van der Waals surface area contributed by atoms with Gasteiger partial charge in [0.2, 0.25) is 0 Å². The first-order valence-electron chi connectivity index (χ1n) is 8.26. The molecule has 1 atom stereocenters. The highest BCUT2D eigenvalue weighted by molar-refractivity contribution is 7.09. The number of thiazole rings is 1. The Morgan fingerprint density at radius 3 is 2.84 bits per heavy atom. The Morgan fingerprint density at radius 2 is 2.12 bits per heavy atom. The number of hydrogen-bond donors (Lipinski definition) is 0. The van der Waals surface area contributed by atoms with E-state index in [1.165, 1.54) is 16.9 Å². The van der Waals surface area contributed by atoms with Crippen molar-refractivity contribution in [1.29, 1.82) is 0 Å². The Kier molecular flexibility index (Phi) is 3.95. The lowest BCUT2D eigenvalue weighted by atomic mass is 10.0. The number of rotatable bonds is 3. The van der Waals surface area contributed by atoms with E-state index in [1.54, 1.807) is 16.8 Å². The Balaban J connectivity index is 1.43. The summed E-state index contributed by atoms with van der Waals surface area (Å²) in [5.74, 6) is -0.0851. The molecule has 0 bridgehead atoms. The van der Waals surface area contributed by atoms with Crippen LogP contribution in [0.2, 0.25) is 0 Å². The van der Waals surface area contributed by atoms with Crippen molar-refractivity contribution in [3.8, 4) is 0 Å². The molecule has 2 saturated heterocycles. The highest BCUT2D eigenvalue weighted by atomic mass is 32.1. The van der Waals surface area contributed by atoms with Gasteiger partial charge in [-0.2, -0.15) is 0 Å². The Bertz CT molecular complexity index is 807. The highest BCUT2D eigenvalue weighted by Gasteiger charge is 2.49. The molecule has 3 heterocycles. The molecule has 7 heteroatoms. The van der Waals surface area contributed by atoms with Crippen molar-refractivity contribution in [2.24, 2.45) is 0 Å². The molecular weight excluding hydrogens is 338 g/mol.